The monoisotopic (exact) mass is 432 g/mol. The molecule has 1 atom stereocenters. The van der Waals surface area contributed by atoms with E-state index in [0.29, 0.717) is 30.2 Å². The van der Waals surface area contributed by atoms with Gasteiger partial charge in [0.2, 0.25) is 0 Å². The van der Waals surface area contributed by atoms with Crippen LogP contribution in [0.15, 0.2) is 48.7 Å². The minimum absolute atomic E-state index is 0.0507. The second-order valence-corrected chi connectivity index (χ2v) is 8.15. The third-order valence-electron chi connectivity index (χ3n) is 4.87. The quantitative estimate of drug-likeness (QED) is 0.549. The minimum Gasteiger partial charge on any atom is -0.360 e. The number of aromatic nitrogens is 1. The van der Waals surface area contributed by atoms with E-state index in [1.54, 1.807) is 6.20 Å². The topological polar surface area (TPSA) is 80.0 Å². The number of nitrogens with one attached hydrogen (secondary N) is 2. The molecule has 1 unspecified atom stereocenters. The molecule has 0 spiro atoms. The summed E-state index contributed by atoms with van der Waals surface area (Å²) in [6, 6.07) is 10.5. The molecule has 3 aromatic rings. The number of amides is 1. The van der Waals surface area contributed by atoms with Gasteiger partial charge in [-0.3, -0.25) is 4.79 Å². The molecule has 30 heavy (non-hydrogen) atoms. The summed E-state index contributed by atoms with van der Waals surface area (Å²) in [5.74, 6) is -0.0507. The number of thiazole rings is 1. The molecule has 156 valence electrons. The Balaban J connectivity index is 1.34. The van der Waals surface area contributed by atoms with Crippen LogP contribution in [0.3, 0.4) is 0 Å². The van der Waals surface area contributed by atoms with Crippen LogP contribution in [-0.4, -0.2) is 23.5 Å². The number of halogens is 3. The molecule has 2 heterocycles. The Labute approximate surface area is 175 Å². The van der Waals surface area contributed by atoms with Crippen LogP contribution in [0.4, 0.5) is 18.3 Å². The first-order valence-electron chi connectivity index (χ1n) is 9.32. The van der Waals surface area contributed by atoms with Gasteiger partial charge in [-0.1, -0.05) is 29.5 Å². The zero-order valence-electron chi connectivity index (χ0n) is 15.8. The van der Waals surface area contributed by atoms with E-state index >= 15 is 0 Å². The zero-order valence-corrected chi connectivity index (χ0v) is 16.6. The van der Waals surface area contributed by atoms with Gasteiger partial charge in [0.25, 0.3) is 5.91 Å². The normalized spacial score (nSPS) is 14.3. The van der Waals surface area contributed by atoms with Crippen LogP contribution in [0.5, 0.6) is 0 Å². The van der Waals surface area contributed by atoms with E-state index < -0.39 is 11.7 Å². The number of hydrogen-bond acceptors (Lipinski definition) is 5. The fourth-order valence-corrected chi connectivity index (χ4v) is 4.12. The standard InChI is InChI=1S/C21H19F3N4OS/c22-21(23,24)15-4-1-12(2-5-15)7-16(25)10-27-20-28-11-18(30-20)13-3-6-17-14(8-13)9-26-19(17)29/h1-6,8,11,16H,7,9-10,25H2,(H,26,29)(H,27,28). The zero-order chi connectivity index (χ0) is 21.3. The van der Waals surface area contributed by atoms with Gasteiger partial charge >= 0.3 is 6.18 Å². The van der Waals surface area contributed by atoms with E-state index in [0.717, 1.165) is 33.7 Å². The van der Waals surface area contributed by atoms with Crippen molar-refractivity contribution in [2.45, 2.75) is 25.2 Å². The van der Waals surface area contributed by atoms with E-state index in [9.17, 15) is 18.0 Å². The molecule has 4 rings (SSSR count). The summed E-state index contributed by atoms with van der Waals surface area (Å²) in [6.45, 7) is 0.974. The van der Waals surface area contributed by atoms with Crippen LogP contribution in [0, 0.1) is 0 Å². The number of anilines is 1. The van der Waals surface area contributed by atoms with Gasteiger partial charge in [0, 0.05) is 30.9 Å². The summed E-state index contributed by atoms with van der Waals surface area (Å²) in [5, 5.41) is 6.70. The Hall–Kier alpha value is -2.91. The van der Waals surface area contributed by atoms with Crippen molar-refractivity contribution >= 4 is 22.4 Å². The molecule has 0 fully saturated rings. The van der Waals surface area contributed by atoms with E-state index in [2.05, 4.69) is 15.6 Å². The lowest BCUT2D eigenvalue weighted by molar-refractivity contribution is -0.137. The highest BCUT2D eigenvalue weighted by Crippen LogP contribution is 2.31. The summed E-state index contributed by atoms with van der Waals surface area (Å²) >= 11 is 1.48. The average molecular weight is 432 g/mol. The SMILES string of the molecule is NC(CNc1ncc(-c2ccc3c(c2)CNC3=O)s1)Cc1ccc(C(F)(F)F)cc1. The molecule has 1 amide bonds. The molecule has 0 saturated carbocycles. The summed E-state index contributed by atoms with van der Waals surface area (Å²) < 4.78 is 37.9. The molecule has 5 nitrogen and oxygen atoms in total. The third-order valence-corrected chi connectivity index (χ3v) is 5.88. The smallest absolute Gasteiger partial charge is 0.360 e. The molecule has 9 heteroatoms. The van der Waals surface area contributed by atoms with Gasteiger partial charge in [0.05, 0.1) is 10.4 Å². The van der Waals surface area contributed by atoms with Crippen molar-refractivity contribution in [1.29, 1.82) is 0 Å². The van der Waals surface area contributed by atoms with Crippen molar-refractivity contribution in [3.05, 3.63) is 70.9 Å². The van der Waals surface area contributed by atoms with Crippen molar-refractivity contribution in [3.8, 4) is 10.4 Å². The largest absolute Gasteiger partial charge is 0.416 e. The maximum atomic E-state index is 12.6. The number of alkyl halides is 3. The highest BCUT2D eigenvalue weighted by atomic mass is 32.1. The van der Waals surface area contributed by atoms with Crippen LogP contribution in [0.2, 0.25) is 0 Å². The molecule has 1 aromatic heterocycles. The predicted molar refractivity (Wildman–Crippen MR) is 110 cm³/mol. The molecule has 0 saturated heterocycles. The Morgan fingerprint density at radius 2 is 1.97 bits per heavy atom. The van der Waals surface area contributed by atoms with Gasteiger partial charge in [-0.25, -0.2) is 4.98 Å². The number of carbonyl (C=O) groups is 1. The lowest BCUT2D eigenvalue weighted by Gasteiger charge is -2.13. The van der Waals surface area contributed by atoms with Gasteiger partial charge in [-0.05, 0) is 47.4 Å². The second kappa shape index (κ2) is 8.08. The maximum absolute atomic E-state index is 12.6. The molecule has 4 N–H and O–H groups in total. The van der Waals surface area contributed by atoms with Gasteiger partial charge in [0.15, 0.2) is 5.13 Å². The molecular formula is C21H19F3N4OS. The molecule has 1 aliphatic heterocycles. The van der Waals surface area contributed by atoms with Crippen molar-refractivity contribution in [1.82, 2.24) is 10.3 Å². The van der Waals surface area contributed by atoms with Gasteiger partial charge in [0.1, 0.15) is 0 Å². The fourth-order valence-electron chi connectivity index (χ4n) is 3.30. The van der Waals surface area contributed by atoms with E-state index in [-0.39, 0.29) is 11.9 Å². The van der Waals surface area contributed by atoms with Gasteiger partial charge in [-0.15, -0.1) is 0 Å². The number of benzene rings is 2. The minimum atomic E-state index is -4.34. The number of rotatable bonds is 6. The molecule has 1 aliphatic rings. The van der Waals surface area contributed by atoms with Crippen molar-refractivity contribution < 1.29 is 18.0 Å². The third kappa shape index (κ3) is 4.47. The molecular weight excluding hydrogens is 413 g/mol. The fraction of sp³-hybridized carbons (Fsp3) is 0.238. The van der Waals surface area contributed by atoms with E-state index in [4.69, 9.17) is 5.73 Å². The predicted octanol–water partition coefficient (Wildman–Crippen LogP) is 4.05. The lowest BCUT2D eigenvalue weighted by Crippen LogP contribution is -2.31. The van der Waals surface area contributed by atoms with Crippen molar-refractivity contribution in [3.63, 3.8) is 0 Å². The summed E-state index contributed by atoms with van der Waals surface area (Å²) in [6.07, 6.45) is -2.12. The van der Waals surface area contributed by atoms with Crippen molar-refractivity contribution in [2.24, 2.45) is 5.73 Å². The maximum Gasteiger partial charge on any atom is 0.416 e. The first-order chi connectivity index (χ1) is 14.3. The van der Waals surface area contributed by atoms with E-state index in [1.165, 1.54) is 23.5 Å². The molecule has 0 aliphatic carbocycles. The Morgan fingerprint density at radius 3 is 2.70 bits per heavy atom. The van der Waals surface area contributed by atoms with Crippen LogP contribution in [0.25, 0.3) is 10.4 Å². The number of fused-ring (bicyclic) bond motifs is 1. The average Bonchev–Trinajstić information content (AvgIpc) is 3.33. The Bertz CT molecular complexity index is 1060. The van der Waals surface area contributed by atoms with Crippen molar-refractivity contribution in [2.75, 3.05) is 11.9 Å². The summed E-state index contributed by atoms with van der Waals surface area (Å²) in [5.41, 5.74) is 8.87. The van der Waals surface area contributed by atoms with Crippen LogP contribution in [-0.2, 0) is 19.1 Å². The Kier molecular flexibility index (Phi) is 5.48. The van der Waals surface area contributed by atoms with E-state index in [1.807, 2.05) is 18.2 Å². The highest BCUT2D eigenvalue weighted by molar-refractivity contribution is 7.18. The highest BCUT2D eigenvalue weighted by Gasteiger charge is 2.30. The second-order valence-electron chi connectivity index (χ2n) is 7.12. The number of nitrogens with two attached hydrogens (primary N) is 1. The summed E-state index contributed by atoms with van der Waals surface area (Å²) in [4.78, 5) is 17.0. The van der Waals surface area contributed by atoms with Gasteiger partial charge < -0.3 is 16.4 Å². The molecule has 0 bridgehead atoms. The van der Waals surface area contributed by atoms with Crippen LogP contribution < -0.4 is 16.4 Å². The first-order valence-corrected chi connectivity index (χ1v) is 10.1. The Morgan fingerprint density at radius 1 is 1.20 bits per heavy atom. The van der Waals surface area contributed by atoms with Crippen LogP contribution >= 0.6 is 11.3 Å². The molecule has 0 radical (unpaired) electrons. The van der Waals surface area contributed by atoms with Crippen LogP contribution in [0.1, 0.15) is 27.0 Å². The van der Waals surface area contributed by atoms with Gasteiger partial charge in [-0.2, -0.15) is 13.2 Å². The lowest BCUT2D eigenvalue weighted by atomic mass is 10.0. The number of nitrogens with zero attached hydrogens (tertiary/aromatic N) is 1. The summed E-state index contributed by atoms with van der Waals surface area (Å²) in [7, 11) is 0. The molecule has 2 aromatic carbocycles. The number of carbonyl (C=O) groups excluding carboxylic acids is 1. The first kappa shape index (κ1) is 20.4. The number of hydrogen-bond donors (Lipinski definition) is 3.